The van der Waals surface area contributed by atoms with E-state index in [0.29, 0.717) is 19.8 Å². The monoisotopic (exact) mass is 217 g/mol. The van der Waals surface area contributed by atoms with E-state index in [1.807, 2.05) is 4.90 Å². The Kier molecular flexibility index (Phi) is 5.60. The molecular formula is C10H19NO4. The molecule has 1 rings (SSSR count). The lowest BCUT2D eigenvalue weighted by molar-refractivity contribution is -0.144. The van der Waals surface area contributed by atoms with Gasteiger partial charge in [-0.15, -0.1) is 0 Å². The van der Waals surface area contributed by atoms with E-state index in [2.05, 4.69) is 0 Å². The van der Waals surface area contributed by atoms with Gasteiger partial charge in [0.2, 0.25) is 0 Å². The van der Waals surface area contributed by atoms with Crippen molar-refractivity contribution < 1.29 is 19.7 Å². The third kappa shape index (κ3) is 4.15. The molecule has 0 spiro atoms. The number of carboxylic acid groups (broad SMARTS) is 1. The maximum atomic E-state index is 10.9. The van der Waals surface area contributed by atoms with Crippen molar-refractivity contribution in [1.82, 2.24) is 4.90 Å². The minimum absolute atomic E-state index is 0.0162. The third-order valence-electron chi connectivity index (χ3n) is 2.66. The van der Waals surface area contributed by atoms with Gasteiger partial charge in [0.1, 0.15) is 6.04 Å². The van der Waals surface area contributed by atoms with Crippen LogP contribution in [0.3, 0.4) is 0 Å². The van der Waals surface area contributed by atoms with Gasteiger partial charge in [0, 0.05) is 6.54 Å². The number of hydrogen-bond donors (Lipinski definition) is 2. The van der Waals surface area contributed by atoms with Crippen molar-refractivity contribution >= 4 is 5.97 Å². The molecule has 0 aromatic carbocycles. The second-order valence-electron chi connectivity index (χ2n) is 3.72. The van der Waals surface area contributed by atoms with E-state index in [-0.39, 0.29) is 12.6 Å². The van der Waals surface area contributed by atoms with Crippen molar-refractivity contribution in [2.24, 2.45) is 0 Å². The maximum Gasteiger partial charge on any atom is 0.320 e. The fourth-order valence-electron chi connectivity index (χ4n) is 1.89. The van der Waals surface area contributed by atoms with Crippen LogP contribution < -0.4 is 0 Å². The lowest BCUT2D eigenvalue weighted by Gasteiger charge is -2.32. The number of piperidine rings is 1. The molecule has 0 aliphatic carbocycles. The number of hydrogen-bond acceptors (Lipinski definition) is 4. The van der Waals surface area contributed by atoms with Crippen LogP contribution in [0.5, 0.6) is 0 Å². The number of ether oxygens (including phenoxy) is 1. The van der Waals surface area contributed by atoms with Gasteiger partial charge in [-0.3, -0.25) is 9.69 Å². The maximum absolute atomic E-state index is 10.9. The summed E-state index contributed by atoms with van der Waals surface area (Å²) in [6, 6.07) is -0.350. The number of nitrogens with zero attached hydrogens (tertiary/aromatic N) is 1. The fourth-order valence-corrected chi connectivity index (χ4v) is 1.89. The summed E-state index contributed by atoms with van der Waals surface area (Å²) >= 11 is 0. The summed E-state index contributed by atoms with van der Waals surface area (Å²) in [5, 5.41) is 17.5. The second kappa shape index (κ2) is 6.76. The van der Waals surface area contributed by atoms with Crippen LogP contribution >= 0.6 is 0 Å². The summed E-state index contributed by atoms with van der Waals surface area (Å²) in [5.41, 5.74) is 0. The van der Waals surface area contributed by atoms with Crippen LogP contribution in [0.4, 0.5) is 0 Å². The van der Waals surface area contributed by atoms with E-state index in [4.69, 9.17) is 14.9 Å². The highest BCUT2D eigenvalue weighted by molar-refractivity contribution is 5.73. The van der Waals surface area contributed by atoms with Crippen LogP contribution in [0.2, 0.25) is 0 Å². The molecule has 0 amide bonds. The van der Waals surface area contributed by atoms with Crippen molar-refractivity contribution in [1.29, 1.82) is 0 Å². The van der Waals surface area contributed by atoms with E-state index >= 15 is 0 Å². The van der Waals surface area contributed by atoms with Gasteiger partial charge in [-0.05, 0) is 19.4 Å². The van der Waals surface area contributed by atoms with Crippen LogP contribution in [0.1, 0.15) is 19.3 Å². The van der Waals surface area contributed by atoms with Gasteiger partial charge in [0.05, 0.1) is 19.8 Å². The van der Waals surface area contributed by atoms with Crippen molar-refractivity contribution in [2.45, 2.75) is 25.3 Å². The minimum atomic E-state index is -0.739. The number of aliphatic hydroxyl groups excluding tert-OH is 1. The molecule has 1 fully saturated rings. The fraction of sp³-hybridized carbons (Fsp3) is 0.900. The molecule has 5 nitrogen and oxygen atoms in total. The number of carboxylic acids is 1. The largest absolute Gasteiger partial charge is 0.480 e. The molecule has 1 unspecified atom stereocenters. The van der Waals surface area contributed by atoms with Gasteiger partial charge in [0.15, 0.2) is 0 Å². The normalized spacial score (nSPS) is 22.9. The summed E-state index contributed by atoms with van der Waals surface area (Å²) in [5.74, 6) is -0.739. The highest BCUT2D eigenvalue weighted by Crippen LogP contribution is 2.16. The van der Waals surface area contributed by atoms with E-state index in [0.717, 1.165) is 25.8 Å². The average Bonchev–Trinajstić information content (AvgIpc) is 2.25. The van der Waals surface area contributed by atoms with E-state index in [1.54, 1.807) is 0 Å². The summed E-state index contributed by atoms with van der Waals surface area (Å²) in [6.07, 6.45) is 2.78. The molecule has 0 saturated carbocycles. The first kappa shape index (κ1) is 12.4. The number of likely N-dealkylation sites (tertiary alicyclic amines) is 1. The van der Waals surface area contributed by atoms with Gasteiger partial charge in [0.25, 0.3) is 0 Å². The molecule has 0 bridgehead atoms. The van der Waals surface area contributed by atoms with Crippen LogP contribution in [-0.4, -0.2) is 60.0 Å². The Hall–Kier alpha value is -0.650. The highest BCUT2D eigenvalue weighted by Gasteiger charge is 2.27. The predicted octanol–water partition coefficient (Wildman–Crippen LogP) is -0.0656. The smallest absolute Gasteiger partial charge is 0.320 e. The zero-order valence-electron chi connectivity index (χ0n) is 8.89. The molecule has 0 aromatic heterocycles. The van der Waals surface area contributed by atoms with Gasteiger partial charge < -0.3 is 14.9 Å². The van der Waals surface area contributed by atoms with Crippen molar-refractivity contribution in [2.75, 3.05) is 32.9 Å². The van der Waals surface area contributed by atoms with Crippen LogP contribution in [0.25, 0.3) is 0 Å². The molecule has 1 aliphatic heterocycles. The molecule has 5 heteroatoms. The molecule has 1 atom stereocenters. The van der Waals surface area contributed by atoms with E-state index in [9.17, 15) is 4.79 Å². The Balaban J connectivity index is 2.26. The van der Waals surface area contributed by atoms with Gasteiger partial charge in [-0.2, -0.15) is 0 Å². The summed E-state index contributed by atoms with van der Waals surface area (Å²) in [7, 11) is 0. The lowest BCUT2D eigenvalue weighted by Crippen LogP contribution is -2.46. The van der Waals surface area contributed by atoms with Crippen molar-refractivity contribution in [3.05, 3.63) is 0 Å². The average molecular weight is 217 g/mol. The van der Waals surface area contributed by atoms with E-state index in [1.165, 1.54) is 0 Å². The van der Waals surface area contributed by atoms with Gasteiger partial charge in [-0.25, -0.2) is 0 Å². The number of aliphatic carboxylic acids is 1. The highest BCUT2D eigenvalue weighted by atomic mass is 16.5. The Labute approximate surface area is 89.6 Å². The molecule has 1 aliphatic rings. The molecule has 1 heterocycles. The second-order valence-corrected chi connectivity index (χ2v) is 3.72. The molecule has 1 saturated heterocycles. The Morgan fingerprint density at radius 3 is 2.87 bits per heavy atom. The van der Waals surface area contributed by atoms with Crippen molar-refractivity contribution in [3.63, 3.8) is 0 Å². The van der Waals surface area contributed by atoms with Crippen LogP contribution in [0, 0.1) is 0 Å². The topological polar surface area (TPSA) is 70.0 Å². The molecule has 88 valence electrons. The lowest BCUT2D eigenvalue weighted by atomic mass is 10.0. The molecule has 0 aromatic rings. The summed E-state index contributed by atoms with van der Waals surface area (Å²) in [6.45, 7) is 2.30. The Bertz CT molecular complexity index is 198. The van der Waals surface area contributed by atoms with Gasteiger partial charge >= 0.3 is 5.97 Å². The van der Waals surface area contributed by atoms with E-state index < -0.39 is 5.97 Å². The first-order chi connectivity index (χ1) is 7.25. The van der Waals surface area contributed by atoms with Crippen LogP contribution in [0.15, 0.2) is 0 Å². The zero-order chi connectivity index (χ0) is 11.1. The third-order valence-corrected chi connectivity index (χ3v) is 2.66. The Morgan fingerprint density at radius 2 is 2.20 bits per heavy atom. The summed E-state index contributed by atoms with van der Waals surface area (Å²) < 4.78 is 5.13. The number of rotatable bonds is 6. The van der Waals surface area contributed by atoms with Crippen molar-refractivity contribution in [3.8, 4) is 0 Å². The summed E-state index contributed by atoms with van der Waals surface area (Å²) in [4.78, 5) is 12.9. The Morgan fingerprint density at radius 1 is 1.40 bits per heavy atom. The minimum Gasteiger partial charge on any atom is -0.480 e. The van der Waals surface area contributed by atoms with Gasteiger partial charge in [-0.1, -0.05) is 6.42 Å². The zero-order valence-corrected chi connectivity index (χ0v) is 8.89. The molecule has 2 N–H and O–H groups in total. The number of aliphatic hydroxyl groups is 1. The standard InChI is InChI=1S/C10H19NO4/c12-6-8-15-7-5-11-4-2-1-3-9(11)10(13)14/h9,12H,1-8H2,(H,13,14). The number of carbonyl (C=O) groups is 1. The predicted molar refractivity (Wildman–Crippen MR) is 54.8 cm³/mol. The molecule has 15 heavy (non-hydrogen) atoms. The van der Waals surface area contributed by atoms with Crippen LogP contribution in [-0.2, 0) is 9.53 Å². The molecule has 0 radical (unpaired) electrons. The molecular weight excluding hydrogens is 198 g/mol. The first-order valence-electron chi connectivity index (χ1n) is 5.41. The quantitative estimate of drug-likeness (QED) is 0.610. The first-order valence-corrected chi connectivity index (χ1v) is 5.41. The SMILES string of the molecule is O=C(O)C1CCCCN1CCOCCO.